The summed E-state index contributed by atoms with van der Waals surface area (Å²) in [5.41, 5.74) is 3.85. The number of carbonyl (C=O) groups excluding carboxylic acids is 1. The molecule has 2 aliphatic rings. The standard InChI is InChI=1S/C25H21N3O2S/c1-2-14-27-24(29)23(31-25(27)26)16-17-12-13-20-22(15-17)30-21-11-7-6-10-19(21)28(20)18-8-4-3-5-9-18/h3-13,15-16,26H,2,14H2,1H3. The number of fused-ring (bicyclic) bond motifs is 2. The largest absolute Gasteiger partial charge is 0.453 e. The first kappa shape index (κ1) is 19.5. The van der Waals surface area contributed by atoms with E-state index >= 15 is 0 Å². The van der Waals surface area contributed by atoms with Gasteiger partial charge in [0.05, 0.1) is 16.3 Å². The van der Waals surface area contributed by atoms with Crippen LogP contribution in [0.1, 0.15) is 18.9 Å². The summed E-state index contributed by atoms with van der Waals surface area (Å²) >= 11 is 1.21. The molecule has 1 fully saturated rings. The molecule has 154 valence electrons. The van der Waals surface area contributed by atoms with E-state index in [2.05, 4.69) is 17.0 Å². The topological polar surface area (TPSA) is 56.6 Å². The summed E-state index contributed by atoms with van der Waals surface area (Å²) in [7, 11) is 0. The molecule has 0 aliphatic carbocycles. The van der Waals surface area contributed by atoms with Crippen molar-refractivity contribution in [3.05, 3.63) is 83.3 Å². The van der Waals surface area contributed by atoms with Crippen molar-refractivity contribution in [2.45, 2.75) is 13.3 Å². The second kappa shape index (κ2) is 7.96. The molecule has 31 heavy (non-hydrogen) atoms. The number of thioether (sulfide) groups is 1. The molecule has 1 saturated heterocycles. The van der Waals surface area contributed by atoms with Gasteiger partial charge in [0.15, 0.2) is 16.7 Å². The predicted molar refractivity (Wildman–Crippen MR) is 126 cm³/mol. The molecule has 3 aromatic rings. The van der Waals surface area contributed by atoms with Crippen LogP contribution in [-0.2, 0) is 4.79 Å². The van der Waals surface area contributed by atoms with Crippen LogP contribution in [0.2, 0.25) is 0 Å². The quantitative estimate of drug-likeness (QED) is 0.377. The number of ether oxygens (including phenoxy) is 1. The Balaban J connectivity index is 1.54. The number of amides is 1. The molecule has 0 spiro atoms. The predicted octanol–water partition coefficient (Wildman–Crippen LogP) is 6.52. The van der Waals surface area contributed by atoms with Crippen LogP contribution in [-0.4, -0.2) is 22.5 Å². The maximum absolute atomic E-state index is 12.7. The highest BCUT2D eigenvalue weighted by Gasteiger charge is 2.32. The summed E-state index contributed by atoms with van der Waals surface area (Å²) in [6.07, 6.45) is 2.66. The van der Waals surface area contributed by atoms with E-state index in [-0.39, 0.29) is 11.1 Å². The lowest BCUT2D eigenvalue weighted by atomic mass is 10.1. The smallest absolute Gasteiger partial charge is 0.266 e. The van der Waals surface area contributed by atoms with Crippen molar-refractivity contribution in [1.82, 2.24) is 4.90 Å². The molecule has 0 atom stereocenters. The summed E-state index contributed by atoms with van der Waals surface area (Å²) in [6, 6.07) is 24.1. The first-order chi connectivity index (χ1) is 15.2. The first-order valence-corrected chi connectivity index (χ1v) is 11.0. The zero-order valence-electron chi connectivity index (χ0n) is 17.0. The number of benzene rings is 3. The average molecular weight is 428 g/mol. The number of amidine groups is 1. The lowest BCUT2D eigenvalue weighted by molar-refractivity contribution is -0.122. The highest BCUT2D eigenvalue weighted by atomic mass is 32.2. The Kier molecular flexibility index (Phi) is 5.00. The minimum absolute atomic E-state index is 0.105. The van der Waals surface area contributed by atoms with E-state index in [9.17, 15) is 4.79 Å². The SMILES string of the molecule is CCCN1C(=N)SC(=Cc2ccc3c(c2)Oc2ccccc2N3c2ccccc2)C1=O. The minimum Gasteiger partial charge on any atom is -0.453 e. The van der Waals surface area contributed by atoms with Gasteiger partial charge in [-0.15, -0.1) is 0 Å². The van der Waals surface area contributed by atoms with Gasteiger partial charge < -0.3 is 9.64 Å². The fourth-order valence-electron chi connectivity index (χ4n) is 3.82. The number of hydrogen-bond donors (Lipinski definition) is 1. The third kappa shape index (κ3) is 3.49. The summed E-state index contributed by atoms with van der Waals surface area (Å²) in [5.74, 6) is 1.41. The zero-order chi connectivity index (χ0) is 21.4. The number of carbonyl (C=O) groups is 1. The van der Waals surface area contributed by atoms with Crippen molar-refractivity contribution in [2.24, 2.45) is 0 Å². The van der Waals surface area contributed by atoms with E-state index < -0.39 is 0 Å². The van der Waals surface area contributed by atoms with Crippen LogP contribution in [0.5, 0.6) is 11.5 Å². The Morgan fingerprint density at radius 2 is 1.71 bits per heavy atom. The maximum Gasteiger partial charge on any atom is 0.266 e. The van der Waals surface area contributed by atoms with Crippen LogP contribution in [0.4, 0.5) is 17.1 Å². The Morgan fingerprint density at radius 1 is 0.968 bits per heavy atom. The van der Waals surface area contributed by atoms with E-state index in [4.69, 9.17) is 10.1 Å². The Bertz CT molecular complexity index is 1210. The molecule has 2 aliphatic heterocycles. The lowest BCUT2D eigenvalue weighted by Gasteiger charge is -2.33. The summed E-state index contributed by atoms with van der Waals surface area (Å²) in [6.45, 7) is 2.57. The third-order valence-corrected chi connectivity index (χ3v) is 6.14. The van der Waals surface area contributed by atoms with Gasteiger partial charge in [0.25, 0.3) is 5.91 Å². The summed E-state index contributed by atoms with van der Waals surface area (Å²) in [5, 5.41) is 8.37. The van der Waals surface area contributed by atoms with Gasteiger partial charge in [-0.1, -0.05) is 43.3 Å². The number of hydrogen-bond acceptors (Lipinski definition) is 5. The van der Waals surface area contributed by atoms with Gasteiger partial charge in [0.2, 0.25) is 0 Å². The van der Waals surface area contributed by atoms with Crippen LogP contribution < -0.4 is 9.64 Å². The van der Waals surface area contributed by atoms with Gasteiger partial charge in [0.1, 0.15) is 0 Å². The number of rotatable bonds is 4. The zero-order valence-corrected chi connectivity index (χ0v) is 17.9. The van der Waals surface area contributed by atoms with Gasteiger partial charge in [0, 0.05) is 12.2 Å². The van der Waals surface area contributed by atoms with Crippen molar-refractivity contribution in [3.63, 3.8) is 0 Å². The minimum atomic E-state index is -0.105. The molecular formula is C25H21N3O2S. The van der Waals surface area contributed by atoms with E-state index in [1.165, 1.54) is 16.7 Å². The number of para-hydroxylation sites is 3. The van der Waals surface area contributed by atoms with Crippen LogP contribution in [0.25, 0.3) is 6.08 Å². The van der Waals surface area contributed by atoms with Crippen molar-refractivity contribution in [1.29, 1.82) is 5.41 Å². The Labute approximate surface area is 185 Å². The van der Waals surface area contributed by atoms with Gasteiger partial charge in [-0.25, -0.2) is 0 Å². The summed E-state index contributed by atoms with van der Waals surface area (Å²) < 4.78 is 6.23. The highest BCUT2D eigenvalue weighted by molar-refractivity contribution is 8.18. The van der Waals surface area contributed by atoms with E-state index in [0.717, 1.165) is 40.5 Å². The molecular weight excluding hydrogens is 406 g/mol. The number of nitrogens with one attached hydrogen (secondary N) is 1. The summed E-state index contributed by atoms with van der Waals surface area (Å²) in [4.78, 5) is 16.9. The highest BCUT2D eigenvalue weighted by Crippen LogP contribution is 2.50. The molecule has 5 rings (SSSR count). The van der Waals surface area contributed by atoms with Crippen LogP contribution >= 0.6 is 11.8 Å². The van der Waals surface area contributed by atoms with Crippen molar-refractivity contribution in [3.8, 4) is 11.5 Å². The molecule has 1 amide bonds. The monoisotopic (exact) mass is 427 g/mol. The van der Waals surface area contributed by atoms with Gasteiger partial charge >= 0.3 is 0 Å². The van der Waals surface area contributed by atoms with Crippen molar-refractivity contribution < 1.29 is 9.53 Å². The second-order valence-electron chi connectivity index (χ2n) is 7.34. The van der Waals surface area contributed by atoms with E-state index in [0.29, 0.717) is 11.4 Å². The van der Waals surface area contributed by atoms with Gasteiger partial charge in [-0.05, 0) is 66.2 Å². The normalized spacial score (nSPS) is 16.4. The molecule has 0 unspecified atom stereocenters. The molecule has 0 radical (unpaired) electrons. The van der Waals surface area contributed by atoms with Crippen LogP contribution in [0.15, 0.2) is 77.7 Å². The lowest BCUT2D eigenvalue weighted by Crippen LogP contribution is -2.29. The van der Waals surface area contributed by atoms with Gasteiger partial charge in [-0.2, -0.15) is 0 Å². The average Bonchev–Trinajstić information content (AvgIpc) is 3.05. The number of anilines is 3. The van der Waals surface area contributed by atoms with Crippen LogP contribution in [0, 0.1) is 5.41 Å². The maximum atomic E-state index is 12.7. The number of nitrogens with zero attached hydrogens (tertiary/aromatic N) is 2. The molecule has 1 N–H and O–H groups in total. The fraction of sp³-hybridized carbons (Fsp3) is 0.120. The second-order valence-corrected chi connectivity index (χ2v) is 8.37. The van der Waals surface area contributed by atoms with E-state index in [1.807, 2.05) is 73.7 Å². The first-order valence-electron chi connectivity index (χ1n) is 10.2. The fourth-order valence-corrected chi connectivity index (χ4v) is 4.70. The molecule has 0 aromatic heterocycles. The molecule has 6 heteroatoms. The molecule has 0 bridgehead atoms. The Morgan fingerprint density at radius 3 is 2.52 bits per heavy atom. The molecule has 0 saturated carbocycles. The molecule has 3 aromatic carbocycles. The van der Waals surface area contributed by atoms with E-state index in [1.54, 1.807) is 0 Å². The van der Waals surface area contributed by atoms with Gasteiger partial charge in [-0.3, -0.25) is 15.1 Å². The Hall–Kier alpha value is -3.51. The molecule has 5 nitrogen and oxygen atoms in total. The van der Waals surface area contributed by atoms with Crippen molar-refractivity contribution >= 4 is 46.0 Å². The third-order valence-electron chi connectivity index (χ3n) is 5.22. The molecule has 2 heterocycles. The van der Waals surface area contributed by atoms with Crippen LogP contribution in [0.3, 0.4) is 0 Å². The van der Waals surface area contributed by atoms with Crippen molar-refractivity contribution in [2.75, 3.05) is 11.4 Å².